The molecule has 1 aliphatic heterocycles. The predicted molar refractivity (Wildman–Crippen MR) is 95.6 cm³/mol. The molecule has 26 heavy (non-hydrogen) atoms. The molecule has 2 heterocycles. The van der Waals surface area contributed by atoms with E-state index in [2.05, 4.69) is 4.99 Å². The molecule has 2 radical (unpaired) electrons. The van der Waals surface area contributed by atoms with Gasteiger partial charge in [0.25, 0.3) is 0 Å². The average molecular weight is 377 g/mol. The van der Waals surface area contributed by atoms with Gasteiger partial charge in [-0.2, -0.15) is 13.2 Å². The molecule has 0 bridgehead atoms. The number of thiophene rings is 1. The van der Waals surface area contributed by atoms with Crippen LogP contribution >= 0.6 is 11.3 Å². The summed E-state index contributed by atoms with van der Waals surface area (Å²) in [4.78, 5) is 19.3. The molecule has 0 saturated heterocycles. The Morgan fingerprint density at radius 2 is 1.88 bits per heavy atom. The Kier molecular flexibility index (Phi) is 4.38. The summed E-state index contributed by atoms with van der Waals surface area (Å²) < 4.78 is 38.6. The number of guanidine groups is 1. The lowest BCUT2D eigenvalue weighted by Gasteiger charge is -2.40. The minimum absolute atomic E-state index is 0.0356. The number of nitrogens with zero attached hydrogens (tertiary/aromatic N) is 2. The van der Waals surface area contributed by atoms with Crippen LogP contribution in [0.15, 0.2) is 40.7 Å². The number of hydrogen-bond acceptors (Lipinski definition) is 4. The van der Waals surface area contributed by atoms with Gasteiger partial charge in [0, 0.05) is 11.9 Å². The number of hydrogen-bond donors (Lipinski definition) is 1. The van der Waals surface area contributed by atoms with Crippen LogP contribution in [-0.2, 0) is 16.5 Å². The van der Waals surface area contributed by atoms with Crippen molar-refractivity contribution in [1.29, 1.82) is 0 Å². The van der Waals surface area contributed by atoms with Crippen LogP contribution in [0.4, 0.5) is 13.2 Å². The molecule has 9 heteroatoms. The van der Waals surface area contributed by atoms with E-state index in [1.807, 2.05) is 0 Å². The molecule has 134 valence electrons. The molecule has 0 saturated carbocycles. The monoisotopic (exact) mass is 377 g/mol. The number of carbonyl (C=O) groups is 1. The number of amides is 1. The number of halogens is 3. The molecular weight excluding hydrogens is 362 g/mol. The molecule has 0 spiro atoms. The van der Waals surface area contributed by atoms with Gasteiger partial charge in [-0.05, 0) is 30.0 Å². The lowest BCUT2D eigenvalue weighted by atomic mass is 9.74. The Labute approximate surface area is 153 Å². The summed E-state index contributed by atoms with van der Waals surface area (Å²) in [5, 5.41) is 1.77. The number of likely N-dealkylation sites (N-methyl/N-ethyl adjacent to an activating group) is 1. The van der Waals surface area contributed by atoms with Gasteiger partial charge in [0.1, 0.15) is 13.4 Å². The number of rotatable bonds is 2. The summed E-state index contributed by atoms with van der Waals surface area (Å²) in [6.07, 6.45) is -4.45. The highest BCUT2D eigenvalue weighted by molar-refractivity contribution is 7.11. The van der Waals surface area contributed by atoms with Crippen molar-refractivity contribution >= 4 is 36.5 Å². The van der Waals surface area contributed by atoms with Crippen molar-refractivity contribution in [3.05, 3.63) is 51.7 Å². The summed E-state index contributed by atoms with van der Waals surface area (Å²) >= 11 is 1.33. The fourth-order valence-electron chi connectivity index (χ4n) is 3.17. The van der Waals surface area contributed by atoms with Gasteiger partial charge in [-0.1, -0.05) is 23.7 Å². The van der Waals surface area contributed by atoms with Crippen molar-refractivity contribution in [2.45, 2.75) is 24.6 Å². The van der Waals surface area contributed by atoms with Crippen molar-refractivity contribution in [3.8, 4) is 0 Å². The topological polar surface area (TPSA) is 58.7 Å². The van der Waals surface area contributed by atoms with Crippen LogP contribution in [0.3, 0.4) is 0 Å². The Morgan fingerprint density at radius 1 is 1.27 bits per heavy atom. The van der Waals surface area contributed by atoms with Gasteiger partial charge in [0.2, 0.25) is 5.91 Å². The van der Waals surface area contributed by atoms with Crippen LogP contribution in [-0.4, -0.2) is 31.7 Å². The quantitative estimate of drug-likeness (QED) is 0.817. The highest BCUT2D eigenvalue weighted by atomic mass is 32.1. The van der Waals surface area contributed by atoms with Crippen molar-refractivity contribution in [1.82, 2.24) is 4.90 Å². The normalized spacial score (nSPS) is 23.9. The molecule has 2 N–H and O–H groups in total. The van der Waals surface area contributed by atoms with E-state index in [4.69, 9.17) is 13.6 Å². The zero-order chi connectivity index (χ0) is 19.3. The van der Waals surface area contributed by atoms with Gasteiger partial charge in [0.05, 0.1) is 11.5 Å². The SMILES string of the molecule is [B]c1ccsc1[C@@]1(C)N=C(N)N(C)C(=O)[C@@H]1c1ccc(C(F)(F)F)cc1. The van der Waals surface area contributed by atoms with E-state index in [-0.39, 0.29) is 11.9 Å². The van der Waals surface area contributed by atoms with E-state index in [0.29, 0.717) is 15.9 Å². The molecule has 0 aliphatic carbocycles. The molecule has 1 aromatic carbocycles. The van der Waals surface area contributed by atoms with E-state index >= 15 is 0 Å². The Hall–Kier alpha value is -2.29. The smallest absolute Gasteiger partial charge is 0.369 e. The second kappa shape index (κ2) is 6.16. The molecule has 2 atom stereocenters. The van der Waals surface area contributed by atoms with Crippen LogP contribution in [0.1, 0.15) is 28.8 Å². The summed E-state index contributed by atoms with van der Waals surface area (Å²) in [6, 6.07) is 6.23. The lowest BCUT2D eigenvalue weighted by molar-refractivity contribution is -0.137. The maximum Gasteiger partial charge on any atom is 0.416 e. The van der Waals surface area contributed by atoms with Crippen molar-refractivity contribution < 1.29 is 18.0 Å². The largest absolute Gasteiger partial charge is 0.416 e. The first kappa shape index (κ1) is 18.5. The molecule has 0 fully saturated rings. The highest BCUT2D eigenvalue weighted by Crippen LogP contribution is 2.45. The molecule has 4 nitrogen and oxygen atoms in total. The van der Waals surface area contributed by atoms with Crippen LogP contribution in [0, 0.1) is 0 Å². The van der Waals surface area contributed by atoms with Crippen LogP contribution < -0.4 is 11.2 Å². The van der Waals surface area contributed by atoms with E-state index in [9.17, 15) is 18.0 Å². The number of alkyl halides is 3. The lowest BCUT2D eigenvalue weighted by Crippen LogP contribution is -2.53. The molecule has 1 aliphatic rings. The third-order valence-corrected chi connectivity index (χ3v) is 5.71. The number of aliphatic imine (C=N–C) groups is 1. The van der Waals surface area contributed by atoms with Crippen LogP contribution in [0.25, 0.3) is 0 Å². The molecule has 0 unspecified atom stereocenters. The average Bonchev–Trinajstić information content (AvgIpc) is 2.99. The van der Waals surface area contributed by atoms with E-state index in [0.717, 1.165) is 12.1 Å². The van der Waals surface area contributed by atoms with Gasteiger partial charge in [-0.3, -0.25) is 9.69 Å². The molecule has 2 aromatic rings. The summed E-state index contributed by atoms with van der Waals surface area (Å²) in [5.74, 6) is -1.16. The molecular formula is C17H15BF3N3OS. The second-order valence-corrected chi connectivity index (χ2v) is 7.19. The summed E-state index contributed by atoms with van der Waals surface area (Å²) in [5.41, 5.74) is 4.89. The molecule has 1 amide bonds. The molecule has 3 rings (SSSR count). The highest BCUT2D eigenvalue weighted by Gasteiger charge is 2.48. The number of carbonyl (C=O) groups excluding carboxylic acids is 1. The second-order valence-electron chi connectivity index (χ2n) is 6.27. The van der Waals surface area contributed by atoms with Crippen molar-refractivity contribution in [3.63, 3.8) is 0 Å². The van der Waals surface area contributed by atoms with E-state index in [1.54, 1.807) is 18.4 Å². The van der Waals surface area contributed by atoms with Crippen molar-refractivity contribution in [2.24, 2.45) is 10.7 Å². The fraction of sp³-hybridized carbons (Fsp3) is 0.294. The third kappa shape index (κ3) is 2.90. The summed E-state index contributed by atoms with van der Waals surface area (Å²) in [7, 11) is 7.51. The van der Waals surface area contributed by atoms with Crippen molar-refractivity contribution in [2.75, 3.05) is 7.05 Å². The molecule has 1 aromatic heterocycles. The van der Waals surface area contributed by atoms with E-state index < -0.39 is 23.2 Å². The van der Waals surface area contributed by atoms with Crippen LogP contribution in [0.5, 0.6) is 0 Å². The third-order valence-electron chi connectivity index (χ3n) is 4.56. The first-order valence-corrected chi connectivity index (χ1v) is 8.57. The van der Waals surface area contributed by atoms with Gasteiger partial charge >= 0.3 is 6.18 Å². The maximum absolute atomic E-state index is 12.9. The summed E-state index contributed by atoms with van der Waals surface area (Å²) in [6.45, 7) is 1.72. The minimum Gasteiger partial charge on any atom is -0.369 e. The predicted octanol–water partition coefficient (Wildman–Crippen LogP) is 2.35. The van der Waals surface area contributed by atoms with E-state index in [1.165, 1.54) is 35.4 Å². The van der Waals surface area contributed by atoms with Gasteiger partial charge < -0.3 is 5.73 Å². The van der Waals surface area contributed by atoms with Gasteiger partial charge in [0.15, 0.2) is 5.96 Å². The zero-order valence-electron chi connectivity index (χ0n) is 14.0. The van der Waals surface area contributed by atoms with Crippen LogP contribution in [0.2, 0.25) is 0 Å². The standard InChI is InChI=1S/C17H15BF3N3OS/c1-16(13-11(18)7-8-26-13)12(14(25)24(2)15(22)23-16)9-3-5-10(6-4-9)17(19,20)21/h3-8,12H,1-2H3,(H2,22,23)/t12-,16-/m0/s1. The Bertz CT molecular complexity index is 878. The zero-order valence-corrected chi connectivity index (χ0v) is 14.9. The fourth-order valence-corrected chi connectivity index (χ4v) is 4.13. The Balaban J connectivity index is 2.16. The Morgan fingerprint density at radius 3 is 2.38 bits per heavy atom. The first-order valence-electron chi connectivity index (χ1n) is 7.69. The first-order chi connectivity index (χ1) is 12.1. The van der Waals surface area contributed by atoms with Gasteiger partial charge in [-0.25, -0.2) is 4.99 Å². The number of nitrogens with two attached hydrogens (primary N) is 1. The minimum atomic E-state index is -4.45. The number of benzene rings is 1. The van der Waals surface area contributed by atoms with Gasteiger partial charge in [-0.15, -0.1) is 11.3 Å². The maximum atomic E-state index is 12.9.